The van der Waals surface area contributed by atoms with E-state index in [4.69, 9.17) is 0 Å². The predicted octanol–water partition coefficient (Wildman–Crippen LogP) is 1.63. The molecule has 20 heavy (non-hydrogen) atoms. The minimum absolute atomic E-state index is 0.210. The van der Waals surface area contributed by atoms with Crippen molar-refractivity contribution in [1.29, 1.82) is 0 Å². The summed E-state index contributed by atoms with van der Waals surface area (Å²) in [7, 11) is -3.07. The van der Waals surface area contributed by atoms with E-state index in [0.29, 0.717) is 6.54 Å². The number of sulfone groups is 1. The summed E-state index contributed by atoms with van der Waals surface area (Å²) < 4.78 is 22.8. The molecular weight excluding hydrogens is 272 g/mol. The van der Waals surface area contributed by atoms with E-state index in [-0.39, 0.29) is 6.04 Å². The summed E-state index contributed by atoms with van der Waals surface area (Å²) in [6, 6.07) is 8.56. The van der Waals surface area contributed by atoms with Gasteiger partial charge in [0, 0.05) is 25.4 Å². The first-order valence-corrected chi connectivity index (χ1v) is 8.92. The molecule has 0 saturated heterocycles. The highest BCUT2D eigenvalue weighted by molar-refractivity contribution is 7.92. The van der Waals surface area contributed by atoms with Crippen molar-refractivity contribution in [1.82, 2.24) is 10.6 Å². The van der Waals surface area contributed by atoms with E-state index in [1.54, 1.807) is 13.8 Å². The minimum Gasteiger partial charge on any atom is -0.313 e. The summed E-state index contributed by atoms with van der Waals surface area (Å²) in [5.41, 5.74) is 2.57. The van der Waals surface area contributed by atoms with E-state index >= 15 is 0 Å². The largest absolute Gasteiger partial charge is 0.313 e. The lowest BCUT2D eigenvalue weighted by molar-refractivity contribution is 0.453. The Hall–Kier alpha value is -0.910. The lowest BCUT2D eigenvalue weighted by atomic mass is 9.99. The zero-order valence-electron chi connectivity index (χ0n) is 12.4. The Morgan fingerprint density at radius 2 is 2.05 bits per heavy atom. The fourth-order valence-electron chi connectivity index (χ4n) is 2.37. The van der Waals surface area contributed by atoms with Crippen LogP contribution in [0.25, 0.3) is 0 Å². The number of hydrogen-bond acceptors (Lipinski definition) is 4. The van der Waals surface area contributed by atoms with Crippen molar-refractivity contribution in [2.24, 2.45) is 0 Å². The highest BCUT2D eigenvalue weighted by Crippen LogP contribution is 2.24. The molecule has 0 aliphatic carbocycles. The number of hydrogen-bond donors (Lipinski definition) is 2. The monoisotopic (exact) mass is 296 g/mol. The van der Waals surface area contributed by atoms with Gasteiger partial charge in [0.25, 0.3) is 0 Å². The highest BCUT2D eigenvalue weighted by atomic mass is 32.2. The third kappa shape index (κ3) is 3.40. The molecule has 0 fully saturated rings. The molecule has 1 atom stereocenters. The second-order valence-electron chi connectivity index (χ2n) is 6.13. The smallest absolute Gasteiger partial charge is 0.153 e. The van der Waals surface area contributed by atoms with Gasteiger partial charge in [-0.05, 0) is 37.9 Å². The van der Waals surface area contributed by atoms with Crippen LogP contribution in [0.3, 0.4) is 0 Å². The highest BCUT2D eigenvalue weighted by Gasteiger charge is 2.31. The van der Waals surface area contributed by atoms with Crippen molar-refractivity contribution in [2.45, 2.75) is 37.6 Å². The molecule has 1 aromatic carbocycles. The van der Waals surface area contributed by atoms with Crippen molar-refractivity contribution >= 4 is 9.84 Å². The molecule has 1 unspecified atom stereocenters. The molecule has 5 heteroatoms. The molecule has 4 nitrogen and oxygen atoms in total. The molecule has 1 heterocycles. The summed E-state index contributed by atoms with van der Waals surface area (Å²) in [6.07, 6.45) is 2.27. The van der Waals surface area contributed by atoms with Crippen LogP contribution >= 0.6 is 0 Å². The first kappa shape index (κ1) is 15.5. The van der Waals surface area contributed by atoms with Gasteiger partial charge in [-0.1, -0.05) is 24.3 Å². The van der Waals surface area contributed by atoms with Gasteiger partial charge in [0.05, 0.1) is 4.75 Å². The SMILES string of the molecule is CC(C)(CNC1CCNCc2ccccc21)S(C)(=O)=O. The van der Waals surface area contributed by atoms with Crippen LogP contribution in [0.5, 0.6) is 0 Å². The Labute approximate surface area is 121 Å². The fourth-order valence-corrected chi connectivity index (χ4v) is 2.72. The van der Waals surface area contributed by atoms with Crippen LogP contribution in [0, 0.1) is 0 Å². The van der Waals surface area contributed by atoms with Gasteiger partial charge < -0.3 is 10.6 Å². The van der Waals surface area contributed by atoms with E-state index in [2.05, 4.69) is 22.8 Å². The Morgan fingerprint density at radius 3 is 2.75 bits per heavy atom. The van der Waals surface area contributed by atoms with E-state index in [9.17, 15) is 8.42 Å². The minimum atomic E-state index is -3.07. The van der Waals surface area contributed by atoms with Gasteiger partial charge in [-0.3, -0.25) is 0 Å². The molecule has 0 saturated carbocycles. The van der Waals surface area contributed by atoms with E-state index in [1.807, 2.05) is 12.1 Å². The van der Waals surface area contributed by atoms with Crippen LogP contribution in [0.1, 0.15) is 37.4 Å². The van der Waals surface area contributed by atoms with Gasteiger partial charge in [0.1, 0.15) is 0 Å². The zero-order valence-corrected chi connectivity index (χ0v) is 13.3. The number of fused-ring (bicyclic) bond motifs is 1. The summed E-state index contributed by atoms with van der Waals surface area (Å²) >= 11 is 0. The molecule has 0 aromatic heterocycles. The topological polar surface area (TPSA) is 58.2 Å². The third-order valence-corrected chi connectivity index (χ3v) is 6.29. The maximum Gasteiger partial charge on any atom is 0.153 e. The molecular formula is C15H24N2O2S. The van der Waals surface area contributed by atoms with E-state index in [1.165, 1.54) is 17.4 Å². The van der Waals surface area contributed by atoms with Gasteiger partial charge in [-0.2, -0.15) is 0 Å². The molecule has 0 radical (unpaired) electrons. The van der Waals surface area contributed by atoms with Crippen molar-refractivity contribution in [2.75, 3.05) is 19.3 Å². The zero-order chi connectivity index (χ0) is 14.8. The lowest BCUT2D eigenvalue weighted by Crippen LogP contribution is -2.43. The van der Waals surface area contributed by atoms with Crippen LogP contribution in [0.4, 0.5) is 0 Å². The van der Waals surface area contributed by atoms with Crippen molar-refractivity contribution in [3.05, 3.63) is 35.4 Å². The molecule has 0 bridgehead atoms. The summed E-state index contributed by atoms with van der Waals surface area (Å²) in [5, 5.41) is 6.85. The molecule has 1 aliphatic heterocycles. The average Bonchev–Trinajstić information content (AvgIpc) is 2.57. The van der Waals surface area contributed by atoms with Crippen LogP contribution in [0.2, 0.25) is 0 Å². The number of nitrogens with one attached hydrogen (secondary N) is 2. The van der Waals surface area contributed by atoms with Crippen molar-refractivity contribution in [3.63, 3.8) is 0 Å². The Morgan fingerprint density at radius 1 is 1.35 bits per heavy atom. The molecule has 1 aromatic rings. The second-order valence-corrected chi connectivity index (χ2v) is 8.78. The quantitative estimate of drug-likeness (QED) is 0.887. The van der Waals surface area contributed by atoms with Crippen LogP contribution in [-0.4, -0.2) is 32.5 Å². The van der Waals surface area contributed by atoms with Gasteiger partial charge >= 0.3 is 0 Å². The van der Waals surface area contributed by atoms with Gasteiger partial charge in [-0.15, -0.1) is 0 Å². The number of rotatable bonds is 4. The molecule has 1 aliphatic rings. The first-order chi connectivity index (χ1) is 9.31. The molecule has 2 N–H and O–H groups in total. The second kappa shape index (κ2) is 5.84. The van der Waals surface area contributed by atoms with E-state index in [0.717, 1.165) is 19.5 Å². The normalized spacial score (nSPS) is 20.2. The average molecular weight is 296 g/mol. The molecule has 2 rings (SSSR count). The van der Waals surface area contributed by atoms with Crippen LogP contribution < -0.4 is 10.6 Å². The predicted molar refractivity (Wildman–Crippen MR) is 82.4 cm³/mol. The fraction of sp³-hybridized carbons (Fsp3) is 0.600. The third-order valence-electron chi connectivity index (χ3n) is 4.13. The first-order valence-electron chi connectivity index (χ1n) is 7.03. The standard InChI is InChI=1S/C15H24N2O2S/c1-15(2,20(3,18)19)11-17-14-8-9-16-10-12-6-4-5-7-13(12)14/h4-7,14,16-17H,8-11H2,1-3H3. The van der Waals surface area contributed by atoms with Crippen LogP contribution in [-0.2, 0) is 16.4 Å². The number of benzene rings is 1. The molecule has 0 spiro atoms. The van der Waals surface area contributed by atoms with Crippen molar-refractivity contribution < 1.29 is 8.42 Å². The van der Waals surface area contributed by atoms with Crippen molar-refractivity contribution in [3.8, 4) is 0 Å². The maximum absolute atomic E-state index is 11.8. The van der Waals surface area contributed by atoms with Gasteiger partial charge in [0.2, 0.25) is 0 Å². The Bertz CT molecular complexity index is 567. The summed E-state index contributed by atoms with van der Waals surface area (Å²) in [4.78, 5) is 0. The Balaban J connectivity index is 2.14. The summed E-state index contributed by atoms with van der Waals surface area (Å²) in [5.74, 6) is 0. The van der Waals surface area contributed by atoms with Gasteiger partial charge in [0.15, 0.2) is 9.84 Å². The lowest BCUT2D eigenvalue weighted by Gasteiger charge is -2.27. The summed E-state index contributed by atoms with van der Waals surface area (Å²) in [6.45, 7) is 5.83. The Kier molecular flexibility index (Phi) is 4.52. The maximum atomic E-state index is 11.8. The van der Waals surface area contributed by atoms with Gasteiger partial charge in [-0.25, -0.2) is 8.42 Å². The van der Waals surface area contributed by atoms with E-state index < -0.39 is 14.6 Å². The molecule has 112 valence electrons. The molecule has 0 amide bonds. The van der Waals surface area contributed by atoms with Crippen LogP contribution in [0.15, 0.2) is 24.3 Å².